The van der Waals surface area contributed by atoms with Gasteiger partial charge in [0.1, 0.15) is 6.61 Å². The molecule has 1 amide bonds. The number of ether oxygens (including phenoxy) is 1. The van der Waals surface area contributed by atoms with Crippen molar-refractivity contribution in [1.29, 1.82) is 0 Å². The fourth-order valence-electron chi connectivity index (χ4n) is 2.66. The highest BCUT2D eigenvalue weighted by Crippen LogP contribution is 2.27. The lowest BCUT2D eigenvalue weighted by atomic mass is 9.99. The topological polar surface area (TPSA) is 49.8 Å². The zero-order valence-corrected chi connectivity index (χ0v) is 13.1. The lowest BCUT2D eigenvalue weighted by Crippen LogP contribution is -2.33. The minimum atomic E-state index is -0.929. The molecule has 0 aromatic heterocycles. The molecule has 2 aromatic rings. The van der Waals surface area contributed by atoms with Gasteiger partial charge in [-0.15, -0.1) is 0 Å². The second-order valence-corrected chi connectivity index (χ2v) is 5.63. The summed E-state index contributed by atoms with van der Waals surface area (Å²) in [6.45, 7) is 1.07. The standard InChI is InChI=1S/C19H18FNO3/c20-17-12-16(15-8-10-21(11-9-15)19(22)23)6-7-18(17)24-13-14-4-2-1-3-5-14/h1-8,12H,9-11,13H2,(H,22,23). The molecule has 0 bridgehead atoms. The van der Waals surface area contributed by atoms with Gasteiger partial charge in [0.2, 0.25) is 0 Å². The molecule has 0 unspecified atom stereocenters. The molecule has 0 atom stereocenters. The first-order chi connectivity index (χ1) is 11.6. The summed E-state index contributed by atoms with van der Waals surface area (Å²) in [7, 11) is 0. The summed E-state index contributed by atoms with van der Waals surface area (Å²) < 4.78 is 19.8. The lowest BCUT2D eigenvalue weighted by Gasteiger charge is -2.24. The maximum atomic E-state index is 14.3. The predicted molar refractivity (Wildman–Crippen MR) is 89.4 cm³/mol. The van der Waals surface area contributed by atoms with Crippen LogP contribution in [0, 0.1) is 5.82 Å². The van der Waals surface area contributed by atoms with E-state index in [0.29, 0.717) is 26.1 Å². The Morgan fingerprint density at radius 2 is 2.00 bits per heavy atom. The van der Waals surface area contributed by atoms with Crippen LogP contribution in [0.4, 0.5) is 9.18 Å². The van der Waals surface area contributed by atoms with Gasteiger partial charge < -0.3 is 14.7 Å². The van der Waals surface area contributed by atoms with Crippen LogP contribution in [-0.4, -0.2) is 29.2 Å². The van der Waals surface area contributed by atoms with Crippen molar-refractivity contribution in [2.75, 3.05) is 13.1 Å². The molecular formula is C19H18FNO3. The summed E-state index contributed by atoms with van der Waals surface area (Å²) in [5.74, 6) is -0.198. The number of halogens is 1. The van der Waals surface area contributed by atoms with Gasteiger partial charge in [-0.3, -0.25) is 0 Å². The summed E-state index contributed by atoms with van der Waals surface area (Å²) in [5.41, 5.74) is 2.70. The molecule has 0 fully saturated rings. The van der Waals surface area contributed by atoms with Crippen LogP contribution in [0.3, 0.4) is 0 Å². The normalized spacial score (nSPS) is 14.2. The van der Waals surface area contributed by atoms with E-state index in [1.807, 2.05) is 42.5 Å². The van der Waals surface area contributed by atoms with E-state index in [1.165, 1.54) is 11.0 Å². The second kappa shape index (κ2) is 7.17. The second-order valence-electron chi connectivity index (χ2n) is 5.63. The number of nitrogens with zero attached hydrogens (tertiary/aromatic N) is 1. The summed E-state index contributed by atoms with van der Waals surface area (Å²) in [4.78, 5) is 12.2. The summed E-state index contributed by atoms with van der Waals surface area (Å²) in [6.07, 6.45) is 1.48. The van der Waals surface area contributed by atoms with Gasteiger partial charge in [-0.2, -0.15) is 0 Å². The Bertz CT molecular complexity index is 758. The molecule has 2 aromatic carbocycles. The van der Waals surface area contributed by atoms with Crippen LogP contribution in [0.1, 0.15) is 17.5 Å². The Kier molecular flexibility index (Phi) is 4.79. The first-order valence-electron chi connectivity index (χ1n) is 7.77. The van der Waals surface area contributed by atoms with E-state index in [1.54, 1.807) is 6.07 Å². The van der Waals surface area contributed by atoms with Gasteiger partial charge >= 0.3 is 6.09 Å². The van der Waals surface area contributed by atoms with E-state index in [-0.39, 0.29) is 5.75 Å². The highest BCUT2D eigenvalue weighted by molar-refractivity contribution is 5.71. The third kappa shape index (κ3) is 3.74. The molecule has 3 rings (SSSR count). The van der Waals surface area contributed by atoms with Crippen molar-refractivity contribution in [3.8, 4) is 5.75 Å². The Labute approximate surface area is 139 Å². The molecule has 1 N–H and O–H groups in total. The molecule has 5 heteroatoms. The van der Waals surface area contributed by atoms with Crippen molar-refractivity contribution < 1.29 is 19.0 Å². The highest BCUT2D eigenvalue weighted by atomic mass is 19.1. The Hall–Kier alpha value is -2.82. The molecule has 0 radical (unpaired) electrons. The van der Waals surface area contributed by atoms with Crippen LogP contribution in [0.15, 0.2) is 54.6 Å². The summed E-state index contributed by atoms with van der Waals surface area (Å²) >= 11 is 0. The predicted octanol–water partition coefficient (Wildman–Crippen LogP) is 4.17. The van der Waals surface area contributed by atoms with E-state index < -0.39 is 11.9 Å². The maximum absolute atomic E-state index is 14.3. The molecule has 1 heterocycles. The number of benzene rings is 2. The van der Waals surface area contributed by atoms with E-state index in [0.717, 1.165) is 16.7 Å². The molecule has 0 spiro atoms. The van der Waals surface area contributed by atoms with E-state index in [9.17, 15) is 9.18 Å². The highest BCUT2D eigenvalue weighted by Gasteiger charge is 2.17. The quantitative estimate of drug-likeness (QED) is 0.917. The molecule has 0 saturated heterocycles. The van der Waals surface area contributed by atoms with Crippen molar-refractivity contribution in [1.82, 2.24) is 4.90 Å². The van der Waals surface area contributed by atoms with Crippen molar-refractivity contribution in [3.05, 3.63) is 71.6 Å². The Morgan fingerprint density at radius 1 is 1.21 bits per heavy atom. The number of hydrogen-bond acceptors (Lipinski definition) is 2. The monoisotopic (exact) mass is 327 g/mol. The molecule has 124 valence electrons. The van der Waals surface area contributed by atoms with Crippen LogP contribution < -0.4 is 4.74 Å². The molecule has 1 aliphatic rings. The van der Waals surface area contributed by atoms with Gasteiger partial charge in [-0.1, -0.05) is 42.5 Å². The molecular weight excluding hydrogens is 309 g/mol. The Balaban J connectivity index is 1.68. The third-order valence-electron chi connectivity index (χ3n) is 4.02. The number of amides is 1. The van der Waals surface area contributed by atoms with Crippen molar-refractivity contribution in [3.63, 3.8) is 0 Å². The van der Waals surface area contributed by atoms with E-state index >= 15 is 0 Å². The fourth-order valence-corrected chi connectivity index (χ4v) is 2.66. The first-order valence-corrected chi connectivity index (χ1v) is 7.77. The van der Waals surface area contributed by atoms with Gasteiger partial charge in [0, 0.05) is 13.1 Å². The van der Waals surface area contributed by atoms with Crippen molar-refractivity contribution >= 4 is 11.7 Å². The largest absolute Gasteiger partial charge is 0.486 e. The minimum absolute atomic E-state index is 0.214. The first kappa shape index (κ1) is 16.1. The third-order valence-corrected chi connectivity index (χ3v) is 4.02. The van der Waals surface area contributed by atoms with Crippen molar-refractivity contribution in [2.45, 2.75) is 13.0 Å². The van der Waals surface area contributed by atoms with Gasteiger partial charge in [0.15, 0.2) is 11.6 Å². The smallest absolute Gasteiger partial charge is 0.407 e. The van der Waals surface area contributed by atoms with Gasteiger partial charge in [0.25, 0.3) is 0 Å². The number of rotatable bonds is 4. The number of carbonyl (C=O) groups is 1. The molecule has 4 nitrogen and oxygen atoms in total. The van der Waals surface area contributed by atoms with Crippen LogP contribution in [-0.2, 0) is 6.61 Å². The fraction of sp³-hybridized carbons (Fsp3) is 0.211. The average molecular weight is 327 g/mol. The van der Waals surface area contributed by atoms with Gasteiger partial charge in [0.05, 0.1) is 0 Å². The van der Waals surface area contributed by atoms with E-state index in [2.05, 4.69) is 0 Å². The molecule has 24 heavy (non-hydrogen) atoms. The Morgan fingerprint density at radius 3 is 2.62 bits per heavy atom. The zero-order valence-electron chi connectivity index (χ0n) is 13.1. The average Bonchev–Trinajstić information content (AvgIpc) is 2.61. The van der Waals surface area contributed by atoms with Crippen LogP contribution in [0.25, 0.3) is 5.57 Å². The van der Waals surface area contributed by atoms with Crippen molar-refractivity contribution in [2.24, 2.45) is 0 Å². The number of carboxylic acid groups (broad SMARTS) is 1. The zero-order chi connectivity index (χ0) is 16.9. The summed E-state index contributed by atoms with van der Waals surface area (Å²) in [5, 5.41) is 8.95. The molecule has 1 aliphatic heterocycles. The minimum Gasteiger partial charge on any atom is -0.486 e. The van der Waals surface area contributed by atoms with Crippen LogP contribution >= 0.6 is 0 Å². The molecule has 0 aliphatic carbocycles. The van der Waals surface area contributed by atoms with Gasteiger partial charge in [-0.05, 0) is 35.3 Å². The number of hydrogen-bond donors (Lipinski definition) is 1. The maximum Gasteiger partial charge on any atom is 0.407 e. The van der Waals surface area contributed by atoms with Crippen LogP contribution in [0.2, 0.25) is 0 Å². The SMILES string of the molecule is O=C(O)N1CC=C(c2ccc(OCc3ccccc3)c(F)c2)CC1. The van der Waals surface area contributed by atoms with E-state index in [4.69, 9.17) is 9.84 Å². The van der Waals surface area contributed by atoms with Crippen LogP contribution in [0.5, 0.6) is 5.75 Å². The summed E-state index contributed by atoms with van der Waals surface area (Å²) in [6, 6.07) is 14.5. The lowest BCUT2D eigenvalue weighted by molar-refractivity contribution is 0.150. The molecule has 0 saturated carbocycles. The van der Waals surface area contributed by atoms with Gasteiger partial charge in [-0.25, -0.2) is 9.18 Å².